The van der Waals surface area contributed by atoms with E-state index in [0.717, 1.165) is 42.2 Å². The van der Waals surface area contributed by atoms with E-state index in [4.69, 9.17) is 0 Å². The number of aromatic nitrogens is 1. The third kappa shape index (κ3) is 5.12. The van der Waals surface area contributed by atoms with Crippen molar-refractivity contribution in [3.63, 3.8) is 0 Å². The lowest BCUT2D eigenvalue weighted by molar-refractivity contribution is 0.645. The maximum atomic E-state index is 4.66. The van der Waals surface area contributed by atoms with Gasteiger partial charge in [-0.15, -0.1) is 11.3 Å². The van der Waals surface area contributed by atoms with Crippen molar-refractivity contribution in [2.45, 2.75) is 53.0 Å². The van der Waals surface area contributed by atoms with E-state index >= 15 is 0 Å². The van der Waals surface area contributed by atoms with Crippen LogP contribution in [0.2, 0.25) is 0 Å². The monoisotopic (exact) mass is 294 g/mol. The maximum absolute atomic E-state index is 4.66. The molecule has 1 fully saturated rings. The molecule has 2 rings (SSSR count). The molecule has 0 aliphatic heterocycles. The molecular formula is C15H26N4S. The van der Waals surface area contributed by atoms with Gasteiger partial charge in [0.1, 0.15) is 0 Å². The van der Waals surface area contributed by atoms with Crippen molar-refractivity contribution < 1.29 is 0 Å². The van der Waals surface area contributed by atoms with Gasteiger partial charge < -0.3 is 10.6 Å². The summed E-state index contributed by atoms with van der Waals surface area (Å²) < 4.78 is 0. The fraction of sp³-hybridized carbons (Fsp3) is 0.733. The van der Waals surface area contributed by atoms with Crippen molar-refractivity contribution in [3.05, 3.63) is 15.6 Å². The van der Waals surface area contributed by atoms with E-state index < -0.39 is 0 Å². The van der Waals surface area contributed by atoms with Crippen LogP contribution < -0.4 is 10.6 Å². The van der Waals surface area contributed by atoms with Gasteiger partial charge in [0.15, 0.2) is 5.96 Å². The molecule has 4 nitrogen and oxygen atoms in total. The summed E-state index contributed by atoms with van der Waals surface area (Å²) in [5.74, 6) is 1.94. The Morgan fingerprint density at radius 2 is 2.15 bits per heavy atom. The lowest BCUT2D eigenvalue weighted by Crippen LogP contribution is -2.37. The van der Waals surface area contributed by atoms with E-state index in [-0.39, 0.29) is 0 Å². The number of hydrogen-bond acceptors (Lipinski definition) is 3. The van der Waals surface area contributed by atoms with Gasteiger partial charge in [-0.05, 0) is 39.5 Å². The van der Waals surface area contributed by atoms with Crippen LogP contribution in [0.15, 0.2) is 4.99 Å². The number of aryl methyl sites for hydroxylation is 2. The van der Waals surface area contributed by atoms with E-state index in [2.05, 4.69) is 34.5 Å². The van der Waals surface area contributed by atoms with Crippen molar-refractivity contribution >= 4 is 17.3 Å². The minimum Gasteiger partial charge on any atom is -0.357 e. The molecule has 0 amide bonds. The molecule has 0 bridgehead atoms. The first kappa shape index (κ1) is 15.3. The second-order valence-corrected chi connectivity index (χ2v) is 6.74. The number of guanidine groups is 1. The van der Waals surface area contributed by atoms with E-state index in [1.807, 2.05) is 6.92 Å². The average molecular weight is 294 g/mol. The van der Waals surface area contributed by atoms with Crippen LogP contribution in [0.25, 0.3) is 0 Å². The molecule has 5 heteroatoms. The highest BCUT2D eigenvalue weighted by atomic mass is 32.1. The molecule has 0 unspecified atom stereocenters. The summed E-state index contributed by atoms with van der Waals surface area (Å²) in [5, 5.41) is 7.85. The predicted molar refractivity (Wildman–Crippen MR) is 86.4 cm³/mol. The average Bonchev–Trinajstić information content (AvgIpc) is 3.17. The SMILES string of the molecule is CCNC(=NCc1sc(C)nc1C)NCCCC1CC1. The smallest absolute Gasteiger partial charge is 0.191 e. The van der Waals surface area contributed by atoms with E-state index in [0.29, 0.717) is 0 Å². The van der Waals surface area contributed by atoms with Gasteiger partial charge in [0.2, 0.25) is 0 Å². The highest BCUT2D eigenvalue weighted by molar-refractivity contribution is 7.11. The summed E-state index contributed by atoms with van der Waals surface area (Å²) in [5.41, 5.74) is 1.11. The second-order valence-electron chi connectivity index (χ2n) is 5.45. The van der Waals surface area contributed by atoms with E-state index in [1.165, 1.54) is 30.6 Å². The van der Waals surface area contributed by atoms with Crippen molar-refractivity contribution in [3.8, 4) is 0 Å². The third-order valence-corrected chi connectivity index (χ3v) is 4.56. The van der Waals surface area contributed by atoms with Crippen LogP contribution in [-0.4, -0.2) is 24.0 Å². The number of rotatable bonds is 7. The van der Waals surface area contributed by atoms with Crippen LogP contribution in [0.3, 0.4) is 0 Å². The Labute approximate surface area is 126 Å². The Bertz CT molecular complexity index is 449. The zero-order valence-corrected chi connectivity index (χ0v) is 13.6. The number of aliphatic imine (C=N–C) groups is 1. The van der Waals surface area contributed by atoms with Gasteiger partial charge in [-0.1, -0.05) is 12.8 Å². The van der Waals surface area contributed by atoms with Gasteiger partial charge in [-0.2, -0.15) is 0 Å². The topological polar surface area (TPSA) is 49.3 Å². The first-order valence-corrected chi connectivity index (χ1v) is 8.45. The highest BCUT2D eigenvalue weighted by Crippen LogP contribution is 2.33. The standard InChI is InChI=1S/C15H26N4S/c1-4-16-15(17-9-5-6-13-7-8-13)18-10-14-11(2)19-12(3)20-14/h13H,4-10H2,1-3H3,(H2,16,17,18). The minimum absolute atomic E-state index is 0.718. The van der Waals surface area contributed by atoms with Crippen LogP contribution in [-0.2, 0) is 6.54 Å². The molecule has 1 aromatic rings. The maximum Gasteiger partial charge on any atom is 0.191 e. The van der Waals surface area contributed by atoms with Crippen LogP contribution in [0.1, 0.15) is 48.2 Å². The summed E-state index contributed by atoms with van der Waals surface area (Å²) >= 11 is 1.74. The molecule has 1 saturated carbocycles. The molecular weight excluding hydrogens is 268 g/mol. The number of nitrogens with one attached hydrogen (secondary N) is 2. The fourth-order valence-corrected chi connectivity index (χ4v) is 3.08. The molecule has 1 aromatic heterocycles. The van der Waals surface area contributed by atoms with Crippen molar-refractivity contribution in [2.24, 2.45) is 10.9 Å². The Morgan fingerprint density at radius 3 is 2.75 bits per heavy atom. The van der Waals surface area contributed by atoms with Gasteiger partial charge in [0, 0.05) is 18.0 Å². The molecule has 0 spiro atoms. The molecule has 1 aliphatic carbocycles. The third-order valence-electron chi connectivity index (χ3n) is 3.50. The van der Waals surface area contributed by atoms with Gasteiger partial charge in [0.05, 0.1) is 17.2 Å². The van der Waals surface area contributed by atoms with Gasteiger partial charge in [-0.25, -0.2) is 9.98 Å². The van der Waals surface area contributed by atoms with Crippen molar-refractivity contribution in [2.75, 3.05) is 13.1 Å². The number of nitrogens with zero attached hydrogens (tertiary/aromatic N) is 2. The molecule has 0 aromatic carbocycles. The summed E-state index contributed by atoms with van der Waals surface area (Å²) in [6.07, 6.45) is 5.49. The molecule has 112 valence electrons. The predicted octanol–water partition coefficient (Wildman–Crippen LogP) is 3.01. The first-order chi connectivity index (χ1) is 9.69. The summed E-state index contributed by atoms with van der Waals surface area (Å²) in [6, 6.07) is 0. The van der Waals surface area contributed by atoms with Gasteiger partial charge >= 0.3 is 0 Å². The van der Waals surface area contributed by atoms with E-state index in [9.17, 15) is 0 Å². The van der Waals surface area contributed by atoms with E-state index in [1.54, 1.807) is 11.3 Å². The Morgan fingerprint density at radius 1 is 1.35 bits per heavy atom. The molecule has 20 heavy (non-hydrogen) atoms. The molecule has 2 N–H and O–H groups in total. The second kappa shape index (κ2) is 7.62. The summed E-state index contributed by atoms with van der Waals surface area (Å²) in [7, 11) is 0. The lowest BCUT2D eigenvalue weighted by Gasteiger charge is -2.10. The van der Waals surface area contributed by atoms with Crippen LogP contribution in [0, 0.1) is 19.8 Å². The van der Waals surface area contributed by atoms with Crippen molar-refractivity contribution in [1.82, 2.24) is 15.6 Å². The first-order valence-electron chi connectivity index (χ1n) is 7.64. The normalized spacial score (nSPS) is 15.4. The quantitative estimate of drug-likeness (QED) is 0.462. The van der Waals surface area contributed by atoms with Crippen molar-refractivity contribution in [1.29, 1.82) is 0 Å². The lowest BCUT2D eigenvalue weighted by atomic mass is 10.2. The zero-order valence-electron chi connectivity index (χ0n) is 12.8. The zero-order chi connectivity index (χ0) is 14.4. The molecule has 0 radical (unpaired) electrons. The molecule has 1 heterocycles. The molecule has 1 aliphatic rings. The van der Waals surface area contributed by atoms with Crippen LogP contribution >= 0.6 is 11.3 Å². The number of thiazole rings is 1. The molecule has 0 saturated heterocycles. The van der Waals surface area contributed by atoms with Crippen LogP contribution in [0.5, 0.6) is 0 Å². The highest BCUT2D eigenvalue weighted by Gasteiger charge is 2.19. The molecule has 0 atom stereocenters. The number of hydrogen-bond donors (Lipinski definition) is 2. The van der Waals surface area contributed by atoms with Crippen LogP contribution in [0.4, 0.5) is 0 Å². The minimum atomic E-state index is 0.718. The van der Waals surface area contributed by atoms with Gasteiger partial charge in [0.25, 0.3) is 0 Å². The fourth-order valence-electron chi connectivity index (χ4n) is 2.22. The Balaban J connectivity index is 1.79. The largest absolute Gasteiger partial charge is 0.357 e. The Hall–Kier alpha value is -1.10. The van der Waals surface area contributed by atoms with Gasteiger partial charge in [-0.3, -0.25) is 0 Å². The summed E-state index contributed by atoms with van der Waals surface area (Å²) in [6.45, 7) is 8.84. The Kier molecular flexibility index (Phi) is 5.83. The summed E-state index contributed by atoms with van der Waals surface area (Å²) in [4.78, 5) is 10.4.